The first kappa shape index (κ1) is 15.6. The van der Waals surface area contributed by atoms with Gasteiger partial charge in [-0.05, 0) is 18.5 Å². The highest BCUT2D eigenvalue weighted by atomic mass is 32.1. The normalized spacial score (nSPS) is 17.9. The van der Waals surface area contributed by atoms with Crippen molar-refractivity contribution in [1.82, 2.24) is 24.6 Å². The predicted octanol–water partition coefficient (Wildman–Crippen LogP) is 1.34. The highest BCUT2D eigenvalue weighted by molar-refractivity contribution is 7.10. The van der Waals surface area contributed by atoms with Gasteiger partial charge in [0.2, 0.25) is 0 Å². The van der Waals surface area contributed by atoms with E-state index in [0.29, 0.717) is 6.04 Å². The van der Waals surface area contributed by atoms with Crippen LogP contribution in [-0.2, 0) is 11.3 Å². The molecular weight excluding hydrogens is 298 g/mol. The summed E-state index contributed by atoms with van der Waals surface area (Å²) in [6.45, 7) is 6.57. The van der Waals surface area contributed by atoms with Crippen LogP contribution in [0.4, 0.5) is 0 Å². The van der Waals surface area contributed by atoms with E-state index in [2.05, 4.69) is 44.4 Å². The van der Waals surface area contributed by atoms with Crippen LogP contribution >= 0.6 is 11.3 Å². The predicted molar refractivity (Wildman–Crippen MR) is 87.0 cm³/mol. The molecule has 3 heterocycles. The Labute approximate surface area is 135 Å². The molecule has 0 saturated carbocycles. The minimum Gasteiger partial charge on any atom is -0.379 e. The van der Waals surface area contributed by atoms with Crippen molar-refractivity contribution in [2.24, 2.45) is 0 Å². The molecule has 0 spiro atoms. The van der Waals surface area contributed by atoms with E-state index in [1.54, 1.807) is 12.7 Å². The summed E-state index contributed by atoms with van der Waals surface area (Å²) in [5.74, 6) is 0. The van der Waals surface area contributed by atoms with Crippen LogP contribution in [0.25, 0.3) is 0 Å². The van der Waals surface area contributed by atoms with Crippen LogP contribution < -0.4 is 0 Å². The van der Waals surface area contributed by atoms with Gasteiger partial charge in [0.1, 0.15) is 12.7 Å². The molecular formula is C15H23N5OS. The Hall–Kier alpha value is -1.28. The Morgan fingerprint density at radius 3 is 2.95 bits per heavy atom. The monoisotopic (exact) mass is 321 g/mol. The van der Waals surface area contributed by atoms with E-state index in [9.17, 15) is 0 Å². The van der Waals surface area contributed by atoms with Crippen LogP contribution in [0.2, 0.25) is 0 Å². The van der Waals surface area contributed by atoms with Crippen molar-refractivity contribution in [1.29, 1.82) is 0 Å². The molecule has 0 amide bonds. The number of likely N-dealkylation sites (N-methyl/N-ethyl adjacent to an activating group) is 1. The zero-order chi connectivity index (χ0) is 15.2. The maximum atomic E-state index is 5.50. The lowest BCUT2D eigenvalue weighted by Gasteiger charge is -2.36. The molecule has 0 radical (unpaired) electrons. The van der Waals surface area contributed by atoms with E-state index in [1.165, 1.54) is 4.88 Å². The van der Waals surface area contributed by atoms with Crippen molar-refractivity contribution < 1.29 is 4.74 Å². The van der Waals surface area contributed by atoms with E-state index in [4.69, 9.17) is 4.74 Å². The maximum absolute atomic E-state index is 5.50. The average molecular weight is 321 g/mol. The minimum atomic E-state index is 0.449. The lowest BCUT2D eigenvalue weighted by atomic mass is 10.1. The van der Waals surface area contributed by atoms with E-state index in [1.807, 2.05) is 16.0 Å². The average Bonchev–Trinajstić information content (AvgIpc) is 3.25. The third-order valence-electron chi connectivity index (χ3n) is 4.02. The van der Waals surface area contributed by atoms with E-state index in [0.717, 1.165) is 45.9 Å². The number of aromatic nitrogens is 3. The van der Waals surface area contributed by atoms with Crippen LogP contribution in [0.5, 0.6) is 0 Å². The molecule has 1 fully saturated rings. The summed E-state index contributed by atoms with van der Waals surface area (Å²) in [5, 5.41) is 6.33. The van der Waals surface area contributed by atoms with Gasteiger partial charge in [-0.15, -0.1) is 11.3 Å². The van der Waals surface area contributed by atoms with Crippen LogP contribution in [0.1, 0.15) is 10.9 Å². The molecule has 7 heteroatoms. The lowest BCUT2D eigenvalue weighted by molar-refractivity contribution is 0.00991. The number of hydrogen-bond donors (Lipinski definition) is 0. The first-order valence-corrected chi connectivity index (χ1v) is 8.57. The SMILES string of the molecule is CN(CCn1cncn1)CC(c1cccs1)N1CCOCC1. The van der Waals surface area contributed by atoms with Gasteiger partial charge in [0.15, 0.2) is 0 Å². The van der Waals surface area contributed by atoms with Crippen molar-refractivity contribution >= 4 is 11.3 Å². The molecule has 3 rings (SSSR count). The van der Waals surface area contributed by atoms with Gasteiger partial charge in [-0.1, -0.05) is 6.07 Å². The Morgan fingerprint density at radius 1 is 1.41 bits per heavy atom. The van der Waals surface area contributed by atoms with Crippen molar-refractivity contribution in [3.8, 4) is 0 Å². The second-order valence-corrected chi connectivity index (χ2v) is 6.58. The first-order chi connectivity index (χ1) is 10.8. The fourth-order valence-corrected chi connectivity index (χ4v) is 3.62. The van der Waals surface area contributed by atoms with Crippen molar-refractivity contribution in [3.63, 3.8) is 0 Å². The molecule has 1 aliphatic rings. The minimum absolute atomic E-state index is 0.449. The Bertz CT molecular complexity index is 524. The standard InChI is InChI=1S/C15H23N5OS/c1-18(4-5-20-13-16-12-17-20)11-14(15-3-2-10-22-15)19-6-8-21-9-7-19/h2-3,10,12-14H,4-9,11H2,1H3. The summed E-state index contributed by atoms with van der Waals surface area (Å²) < 4.78 is 7.38. The maximum Gasteiger partial charge on any atom is 0.137 e. The quantitative estimate of drug-likeness (QED) is 0.770. The Balaban J connectivity index is 1.59. The van der Waals surface area contributed by atoms with Gasteiger partial charge < -0.3 is 9.64 Å². The summed E-state index contributed by atoms with van der Waals surface area (Å²) in [6, 6.07) is 4.84. The summed E-state index contributed by atoms with van der Waals surface area (Å²) in [6.07, 6.45) is 3.36. The lowest BCUT2D eigenvalue weighted by Crippen LogP contribution is -2.43. The number of ether oxygens (including phenoxy) is 1. The molecule has 1 unspecified atom stereocenters. The van der Waals surface area contributed by atoms with Crippen LogP contribution in [-0.4, -0.2) is 71.0 Å². The molecule has 2 aromatic heterocycles. The second-order valence-electron chi connectivity index (χ2n) is 5.60. The first-order valence-electron chi connectivity index (χ1n) is 7.69. The molecule has 1 atom stereocenters. The summed E-state index contributed by atoms with van der Waals surface area (Å²) in [4.78, 5) is 10.3. The summed E-state index contributed by atoms with van der Waals surface area (Å²) in [7, 11) is 2.18. The van der Waals surface area contributed by atoms with Crippen molar-refractivity contribution in [3.05, 3.63) is 35.0 Å². The van der Waals surface area contributed by atoms with Crippen LogP contribution in [0.3, 0.4) is 0 Å². The fraction of sp³-hybridized carbons (Fsp3) is 0.600. The summed E-state index contributed by atoms with van der Waals surface area (Å²) in [5.41, 5.74) is 0. The molecule has 1 aliphatic heterocycles. The zero-order valence-corrected chi connectivity index (χ0v) is 13.8. The van der Waals surface area contributed by atoms with Gasteiger partial charge in [0, 0.05) is 31.1 Å². The molecule has 0 aromatic carbocycles. The number of thiophene rings is 1. The Morgan fingerprint density at radius 2 is 2.27 bits per heavy atom. The highest BCUT2D eigenvalue weighted by Gasteiger charge is 2.24. The van der Waals surface area contributed by atoms with Gasteiger partial charge in [-0.2, -0.15) is 5.10 Å². The van der Waals surface area contributed by atoms with Crippen LogP contribution in [0.15, 0.2) is 30.2 Å². The van der Waals surface area contributed by atoms with Gasteiger partial charge in [0.25, 0.3) is 0 Å². The zero-order valence-electron chi connectivity index (χ0n) is 13.0. The topological polar surface area (TPSA) is 46.4 Å². The van der Waals surface area contributed by atoms with Gasteiger partial charge >= 0.3 is 0 Å². The molecule has 120 valence electrons. The Kier molecular flexibility index (Phi) is 5.55. The van der Waals surface area contributed by atoms with Gasteiger partial charge in [-0.3, -0.25) is 9.58 Å². The molecule has 2 aromatic rings. The van der Waals surface area contributed by atoms with Crippen LogP contribution in [0, 0.1) is 0 Å². The molecule has 6 nitrogen and oxygen atoms in total. The van der Waals surface area contributed by atoms with E-state index in [-0.39, 0.29) is 0 Å². The fourth-order valence-electron chi connectivity index (χ4n) is 2.76. The number of hydrogen-bond acceptors (Lipinski definition) is 6. The molecule has 0 N–H and O–H groups in total. The molecule has 1 saturated heterocycles. The third-order valence-corrected chi connectivity index (χ3v) is 4.99. The molecule has 0 aliphatic carbocycles. The van der Waals surface area contributed by atoms with E-state index < -0.39 is 0 Å². The molecule has 0 bridgehead atoms. The van der Waals surface area contributed by atoms with Crippen molar-refractivity contribution in [2.45, 2.75) is 12.6 Å². The summed E-state index contributed by atoms with van der Waals surface area (Å²) >= 11 is 1.85. The largest absolute Gasteiger partial charge is 0.379 e. The smallest absolute Gasteiger partial charge is 0.137 e. The third kappa shape index (κ3) is 4.13. The molecule has 22 heavy (non-hydrogen) atoms. The van der Waals surface area contributed by atoms with Gasteiger partial charge in [0.05, 0.1) is 25.8 Å². The second kappa shape index (κ2) is 7.82. The van der Waals surface area contributed by atoms with Gasteiger partial charge in [-0.25, -0.2) is 4.98 Å². The number of nitrogens with zero attached hydrogens (tertiary/aromatic N) is 5. The van der Waals surface area contributed by atoms with Crippen molar-refractivity contribution in [2.75, 3.05) is 46.4 Å². The number of morpholine rings is 1. The highest BCUT2D eigenvalue weighted by Crippen LogP contribution is 2.26. The van der Waals surface area contributed by atoms with E-state index >= 15 is 0 Å². The number of rotatable bonds is 7.